The van der Waals surface area contributed by atoms with Gasteiger partial charge in [-0.05, 0) is 25.8 Å². The number of ether oxygens (including phenoxy) is 1. The topological polar surface area (TPSA) is 71.7 Å². The summed E-state index contributed by atoms with van der Waals surface area (Å²) in [6.07, 6.45) is 2.02. The van der Waals surface area contributed by atoms with E-state index in [1.165, 1.54) is 0 Å². The first kappa shape index (κ1) is 14.0. The van der Waals surface area contributed by atoms with Crippen molar-refractivity contribution in [3.05, 3.63) is 27.5 Å². The van der Waals surface area contributed by atoms with Crippen LogP contribution >= 0.6 is 11.6 Å². The van der Waals surface area contributed by atoms with Crippen LogP contribution in [0.25, 0.3) is 5.53 Å². The fourth-order valence-corrected chi connectivity index (χ4v) is 1.97. The molecule has 0 aromatic carbocycles. The van der Waals surface area contributed by atoms with Crippen molar-refractivity contribution in [3.8, 4) is 0 Å². The number of halogens is 1. The summed E-state index contributed by atoms with van der Waals surface area (Å²) in [5, 5.41) is 0.403. The molecule has 0 saturated carbocycles. The maximum atomic E-state index is 8.96. The van der Waals surface area contributed by atoms with Crippen molar-refractivity contribution in [2.75, 3.05) is 6.61 Å². The van der Waals surface area contributed by atoms with Gasteiger partial charge in [0, 0.05) is 0 Å². The molecule has 1 rings (SSSR count). The van der Waals surface area contributed by atoms with Crippen LogP contribution in [0.1, 0.15) is 33.6 Å². The lowest BCUT2D eigenvalue weighted by Crippen LogP contribution is -2.33. The Kier molecular flexibility index (Phi) is 4.94. The number of unbranched alkanes of at least 4 members (excludes halogenated alkanes) is 1. The first-order chi connectivity index (χ1) is 8.04. The Morgan fingerprint density at radius 3 is 2.65 bits per heavy atom. The van der Waals surface area contributed by atoms with Crippen molar-refractivity contribution in [1.82, 2.24) is 0 Å². The van der Waals surface area contributed by atoms with Crippen molar-refractivity contribution in [1.29, 1.82) is 0 Å². The van der Waals surface area contributed by atoms with Crippen LogP contribution in [0, 0.1) is 0 Å². The van der Waals surface area contributed by atoms with Crippen molar-refractivity contribution >= 4 is 17.3 Å². The van der Waals surface area contributed by atoms with Gasteiger partial charge in [0.25, 0.3) is 0 Å². The molecule has 0 heterocycles. The Balaban J connectivity index is 3.02. The molecule has 5 heteroatoms. The Labute approximate surface area is 107 Å². The molecule has 0 saturated heterocycles. The zero-order valence-corrected chi connectivity index (χ0v) is 11.2. The monoisotopic (exact) mass is 255 g/mol. The summed E-state index contributed by atoms with van der Waals surface area (Å²) >= 11 is 6.07. The van der Waals surface area contributed by atoms with E-state index in [0.717, 1.165) is 18.4 Å². The molecule has 0 aliphatic heterocycles. The molecular formula is C12H18ClN3O. The second-order valence-corrected chi connectivity index (χ2v) is 4.49. The van der Waals surface area contributed by atoms with Crippen LogP contribution in [0.2, 0.25) is 0 Å². The summed E-state index contributed by atoms with van der Waals surface area (Å²) in [5.74, 6) is 0.646. The lowest BCUT2D eigenvalue weighted by Gasteiger charge is -2.23. The number of nitrogens with zero attached hydrogens (tertiary/aromatic N) is 2. The van der Waals surface area contributed by atoms with E-state index in [1.54, 1.807) is 6.92 Å². The third-order valence-electron chi connectivity index (χ3n) is 2.88. The molecule has 0 bridgehead atoms. The highest BCUT2D eigenvalue weighted by molar-refractivity contribution is 6.46. The molecule has 0 spiro atoms. The molecule has 0 amide bonds. The van der Waals surface area contributed by atoms with Gasteiger partial charge in [0.15, 0.2) is 0 Å². The first-order valence-electron chi connectivity index (χ1n) is 5.72. The number of allylic oxidation sites excluding steroid dienone is 2. The van der Waals surface area contributed by atoms with Crippen LogP contribution < -0.4 is 5.73 Å². The molecule has 4 nitrogen and oxygen atoms in total. The Morgan fingerprint density at radius 2 is 2.12 bits per heavy atom. The highest BCUT2D eigenvalue weighted by atomic mass is 35.5. The second-order valence-electron chi connectivity index (χ2n) is 4.11. The molecule has 1 unspecified atom stereocenters. The zero-order valence-electron chi connectivity index (χ0n) is 10.5. The largest absolute Gasteiger partial charge is 0.495 e. The van der Waals surface area contributed by atoms with Crippen LogP contribution in [0.3, 0.4) is 0 Å². The van der Waals surface area contributed by atoms with Gasteiger partial charge in [-0.3, -0.25) is 0 Å². The average Bonchev–Trinajstić information content (AvgIpc) is 2.32. The van der Waals surface area contributed by atoms with Crippen molar-refractivity contribution in [2.24, 2.45) is 5.73 Å². The lowest BCUT2D eigenvalue weighted by molar-refractivity contribution is -0.00380. The molecule has 0 aromatic heterocycles. The van der Waals surface area contributed by atoms with E-state index in [9.17, 15) is 0 Å². The number of nitrogens with two attached hydrogens (primary N) is 1. The summed E-state index contributed by atoms with van der Waals surface area (Å²) in [7, 11) is 0. The summed E-state index contributed by atoms with van der Waals surface area (Å²) in [6, 6.07) is -0.357. The Bertz CT molecular complexity index is 419. The van der Waals surface area contributed by atoms with Gasteiger partial charge < -0.3 is 16.0 Å². The molecule has 1 aliphatic rings. The molecule has 1 aliphatic carbocycles. The van der Waals surface area contributed by atoms with Crippen LogP contribution in [0.5, 0.6) is 0 Å². The minimum Gasteiger partial charge on any atom is -0.495 e. The highest BCUT2D eigenvalue weighted by Gasteiger charge is 2.33. The van der Waals surface area contributed by atoms with Gasteiger partial charge in [-0.1, -0.05) is 24.9 Å². The van der Waals surface area contributed by atoms with E-state index in [1.807, 2.05) is 6.92 Å². The van der Waals surface area contributed by atoms with Crippen LogP contribution in [0.4, 0.5) is 0 Å². The fourth-order valence-electron chi connectivity index (χ4n) is 1.68. The molecule has 17 heavy (non-hydrogen) atoms. The van der Waals surface area contributed by atoms with Gasteiger partial charge in [-0.15, -0.1) is 0 Å². The van der Waals surface area contributed by atoms with E-state index < -0.39 is 0 Å². The Hall–Kier alpha value is -1.09. The van der Waals surface area contributed by atoms with E-state index in [-0.39, 0.29) is 6.04 Å². The minimum atomic E-state index is -0.357. The molecule has 2 N–H and O–H groups in total. The van der Waals surface area contributed by atoms with Gasteiger partial charge in [-0.2, -0.15) is 4.79 Å². The van der Waals surface area contributed by atoms with Gasteiger partial charge in [0.1, 0.15) is 10.8 Å². The third kappa shape index (κ3) is 2.78. The van der Waals surface area contributed by atoms with Gasteiger partial charge in [-0.25, -0.2) is 0 Å². The van der Waals surface area contributed by atoms with E-state index in [4.69, 9.17) is 27.6 Å². The fraction of sp³-hybridized carbons (Fsp3) is 0.583. The molecule has 1 atom stereocenters. The summed E-state index contributed by atoms with van der Waals surface area (Å²) in [6.45, 7) is 6.31. The highest BCUT2D eigenvalue weighted by Crippen LogP contribution is 2.29. The van der Waals surface area contributed by atoms with Crippen LogP contribution in [-0.4, -0.2) is 23.2 Å². The maximum absolute atomic E-state index is 8.96. The maximum Gasteiger partial charge on any atom is 0.340 e. The van der Waals surface area contributed by atoms with Crippen LogP contribution in [-0.2, 0) is 4.74 Å². The standard InChI is InChI=1S/C12H18ClN3O/c1-4-5-6-17-12-8(3)11(16-15)9(13)7(2)10(12)14/h10H,4-6,14H2,1-3H3. The molecule has 0 aromatic rings. The molecule has 0 fully saturated rings. The second kappa shape index (κ2) is 6.01. The third-order valence-corrected chi connectivity index (χ3v) is 3.36. The lowest BCUT2D eigenvalue weighted by atomic mass is 9.93. The van der Waals surface area contributed by atoms with Crippen molar-refractivity contribution < 1.29 is 9.53 Å². The SMILES string of the molecule is CCCCOC1=C(C)C(=[N+]=[N-])C(Cl)=C(C)C1N. The van der Waals surface area contributed by atoms with Gasteiger partial charge >= 0.3 is 5.71 Å². The predicted molar refractivity (Wildman–Crippen MR) is 68.7 cm³/mol. The van der Waals surface area contributed by atoms with Gasteiger partial charge in [0.2, 0.25) is 0 Å². The molecule has 0 radical (unpaired) electrons. The minimum absolute atomic E-state index is 0.345. The van der Waals surface area contributed by atoms with Crippen molar-refractivity contribution in [3.63, 3.8) is 0 Å². The van der Waals surface area contributed by atoms with Crippen LogP contribution in [0.15, 0.2) is 21.9 Å². The zero-order chi connectivity index (χ0) is 13.0. The number of rotatable bonds is 4. The van der Waals surface area contributed by atoms with E-state index in [0.29, 0.717) is 28.7 Å². The van der Waals surface area contributed by atoms with Crippen molar-refractivity contribution in [2.45, 2.75) is 39.7 Å². The summed E-state index contributed by atoms with van der Waals surface area (Å²) in [4.78, 5) is 3.21. The Morgan fingerprint density at radius 1 is 1.47 bits per heavy atom. The predicted octanol–water partition coefficient (Wildman–Crippen LogP) is 2.60. The first-order valence-corrected chi connectivity index (χ1v) is 6.10. The summed E-state index contributed by atoms with van der Waals surface area (Å²) < 4.78 is 5.67. The average molecular weight is 256 g/mol. The number of hydrogen-bond acceptors (Lipinski definition) is 2. The normalized spacial score (nSPS) is 20.8. The van der Waals surface area contributed by atoms with E-state index in [2.05, 4.69) is 11.7 Å². The smallest absolute Gasteiger partial charge is 0.340 e. The quantitative estimate of drug-likeness (QED) is 0.476. The number of hydrogen-bond donors (Lipinski definition) is 1. The summed E-state index contributed by atoms with van der Waals surface area (Å²) in [5.41, 5.74) is 16.8. The molecule has 94 valence electrons. The molecular weight excluding hydrogens is 238 g/mol. The van der Waals surface area contributed by atoms with Gasteiger partial charge in [0.05, 0.1) is 18.2 Å². The van der Waals surface area contributed by atoms with E-state index >= 15 is 0 Å².